The Balaban J connectivity index is 1.37. The van der Waals surface area contributed by atoms with Crippen LogP contribution in [0.15, 0.2) is 66.7 Å². The third-order valence-corrected chi connectivity index (χ3v) is 9.18. The second-order valence-electron chi connectivity index (χ2n) is 11.3. The lowest BCUT2D eigenvalue weighted by Gasteiger charge is -2.54. The fourth-order valence-electron chi connectivity index (χ4n) is 6.80. The first-order valence-electron chi connectivity index (χ1n) is 13.8. The molecule has 1 heterocycles. The summed E-state index contributed by atoms with van der Waals surface area (Å²) in [5.41, 5.74) is 7.32. The quantitative estimate of drug-likeness (QED) is 0.411. The van der Waals surface area contributed by atoms with Crippen LogP contribution >= 0.6 is 0 Å². The number of piperidine rings is 1. The fourth-order valence-corrected chi connectivity index (χ4v) is 6.80. The minimum Gasteiger partial charge on any atom is -0.508 e. The molecule has 194 valence electrons. The van der Waals surface area contributed by atoms with Crippen molar-refractivity contribution in [1.82, 2.24) is 4.90 Å². The summed E-state index contributed by atoms with van der Waals surface area (Å²) in [5, 5.41) is 10.1. The second kappa shape index (κ2) is 10.3. The molecule has 2 bridgehead atoms. The SMILES string of the molecule is CCc1cccc(C)c1N(Cc1ccccc1)C(=O)CCN1CC[C@@]2(C)c3cc(O)ccc3C[C@@H]1[C@@H]2C. The van der Waals surface area contributed by atoms with Gasteiger partial charge in [-0.25, -0.2) is 0 Å². The smallest absolute Gasteiger partial charge is 0.228 e. The van der Waals surface area contributed by atoms with E-state index in [9.17, 15) is 9.90 Å². The molecule has 3 aromatic rings. The van der Waals surface area contributed by atoms with Gasteiger partial charge in [-0.15, -0.1) is 0 Å². The molecule has 0 unspecified atom stereocenters. The van der Waals surface area contributed by atoms with E-state index in [4.69, 9.17) is 0 Å². The number of fused-ring (bicyclic) bond motifs is 4. The van der Waals surface area contributed by atoms with Gasteiger partial charge >= 0.3 is 0 Å². The van der Waals surface area contributed by atoms with Gasteiger partial charge in [-0.05, 0) is 84.0 Å². The number of likely N-dealkylation sites (tertiary alicyclic amines) is 1. The first-order chi connectivity index (χ1) is 17.8. The van der Waals surface area contributed by atoms with Crippen molar-refractivity contribution in [3.63, 3.8) is 0 Å². The van der Waals surface area contributed by atoms with Crippen LogP contribution in [0.25, 0.3) is 0 Å². The summed E-state index contributed by atoms with van der Waals surface area (Å²) in [7, 11) is 0. The number of phenolic OH excluding ortho intramolecular Hbond substituents is 1. The van der Waals surface area contributed by atoms with Gasteiger partial charge in [0.05, 0.1) is 12.2 Å². The predicted octanol–water partition coefficient (Wildman–Crippen LogP) is 6.41. The highest BCUT2D eigenvalue weighted by Gasteiger charge is 2.48. The predicted molar refractivity (Wildman–Crippen MR) is 151 cm³/mol. The number of para-hydroxylation sites is 1. The number of nitrogens with zero attached hydrogens (tertiary/aromatic N) is 2. The topological polar surface area (TPSA) is 43.8 Å². The Kier molecular flexibility index (Phi) is 7.13. The van der Waals surface area contributed by atoms with E-state index >= 15 is 0 Å². The lowest BCUT2D eigenvalue weighted by Crippen LogP contribution is -2.58. The number of carbonyl (C=O) groups excluding carboxylic acids is 1. The number of hydrogen-bond acceptors (Lipinski definition) is 3. The van der Waals surface area contributed by atoms with Crippen LogP contribution in [-0.4, -0.2) is 35.0 Å². The van der Waals surface area contributed by atoms with E-state index in [0.29, 0.717) is 30.7 Å². The first kappa shape index (κ1) is 25.5. The molecule has 4 nitrogen and oxygen atoms in total. The van der Waals surface area contributed by atoms with Crippen molar-refractivity contribution < 1.29 is 9.90 Å². The Morgan fingerprint density at radius 1 is 1.11 bits per heavy atom. The standard InChI is InChI=1S/C33H40N2O2/c1-5-26-13-9-10-23(2)32(26)35(22-25-11-7-6-8-12-25)31(37)16-18-34-19-17-33(4)24(3)30(34)20-27-14-15-28(36)21-29(27)33/h6-15,21,24,30,36H,5,16-20,22H2,1-4H3/t24-,30+,33+/m0/s1. The molecule has 3 atom stereocenters. The maximum Gasteiger partial charge on any atom is 0.228 e. The number of hydrogen-bond donors (Lipinski definition) is 1. The number of rotatable bonds is 7. The summed E-state index contributed by atoms with van der Waals surface area (Å²) in [6.07, 6.45) is 3.43. The zero-order chi connectivity index (χ0) is 26.2. The monoisotopic (exact) mass is 496 g/mol. The van der Waals surface area contributed by atoms with Gasteiger partial charge in [-0.2, -0.15) is 0 Å². The molecule has 1 amide bonds. The van der Waals surface area contributed by atoms with Crippen molar-refractivity contribution in [1.29, 1.82) is 0 Å². The number of anilines is 1. The van der Waals surface area contributed by atoms with Crippen LogP contribution in [0.4, 0.5) is 5.69 Å². The van der Waals surface area contributed by atoms with Crippen LogP contribution in [0.1, 0.15) is 61.4 Å². The molecule has 1 N–H and O–H groups in total. The van der Waals surface area contributed by atoms with E-state index in [1.54, 1.807) is 0 Å². The first-order valence-corrected chi connectivity index (χ1v) is 13.8. The number of carbonyl (C=O) groups is 1. The molecule has 0 saturated carbocycles. The highest BCUT2D eigenvalue weighted by Crippen LogP contribution is 2.49. The van der Waals surface area contributed by atoms with Crippen molar-refractivity contribution >= 4 is 11.6 Å². The third kappa shape index (κ3) is 4.80. The van der Waals surface area contributed by atoms with Crippen LogP contribution in [0.2, 0.25) is 0 Å². The van der Waals surface area contributed by atoms with Crippen molar-refractivity contribution in [3.05, 3.63) is 94.5 Å². The Morgan fingerprint density at radius 2 is 1.89 bits per heavy atom. The van der Waals surface area contributed by atoms with E-state index < -0.39 is 0 Å². The summed E-state index contributed by atoms with van der Waals surface area (Å²) >= 11 is 0. The zero-order valence-corrected chi connectivity index (χ0v) is 22.7. The fraction of sp³-hybridized carbons (Fsp3) is 0.424. The van der Waals surface area contributed by atoms with E-state index in [1.165, 1.54) is 16.7 Å². The van der Waals surface area contributed by atoms with Gasteiger partial charge in [0.15, 0.2) is 0 Å². The van der Waals surface area contributed by atoms with E-state index in [1.807, 2.05) is 35.2 Å². The van der Waals surface area contributed by atoms with E-state index in [-0.39, 0.29) is 11.3 Å². The molecule has 1 aliphatic carbocycles. The highest BCUT2D eigenvalue weighted by atomic mass is 16.3. The Bertz CT molecular complexity index is 1270. The van der Waals surface area contributed by atoms with Gasteiger partial charge in [0.25, 0.3) is 0 Å². The molecule has 5 rings (SSSR count). The summed E-state index contributed by atoms with van der Waals surface area (Å²) < 4.78 is 0. The lowest BCUT2D eigenvalue weighted by atomic mass is 9.59. The van der Waals surface area contributed by atoms with E-state index in [2.05, 4.69) is 69.0 Å². The normalized spacial score (nSPS) is 22.9. The Morgan fingerprint density at radius 3 is 2.65 bits per heavy atom. The molecule has 1 fully saturated rings. The molecule has 0 spiro atoms. The summed E-state index contributed by atoms with van der Waals surface area (Å²) in [4.78, 5) is 18.5. The average molecular weight is 497 g/mol. The average Bonchev–Trinajstić information content (AvgIpc) is 2.90. The van der Waals surface area contributed by atoms with Crippen LogP contribution in [0.5, 0.6) is 5.75 Å². The van der Waals surface area contributed by atoms with Crippen LogP contribution in [-0.2, 0) is 29.6 Å². The van der Waals surface area contributed by atoms with Crippen LogP contribution < -0.4 is 4.90 Å². The van der Waals surface area contributed by atoms with Gasteiger partial charge in [0.1, 0.15) is 5.75 Å². The molecule has 1 saturated heterocycles. The molecule has 1 aliphatic heterocycles. The van der Waals surface area contributed by atoms with Gasteiger partial charge in [-0.3, -0.25) is 9.69 Å². The van der Waals surface area contributed by atoms with Gasteiger partial charge in [0, 0.05) is 19.0 Å². The molecular weight excluding hydrogens is 456 g/mol. The minimum atomic E-state index is 0.0635. The summed E-state index contributed by atoms with van der Waals surface area (Å²) in [6.45, 7) is 11.3. The van der Waals surface area contributed by atoms with Crippen molar-refractivity contribution in [2.75, 3.05) is 18.0 Å². The summed E-state index contributed by atoms with van der Waals surface area (Å²) in [6, 6.07) is 23.0. The molecular formula is C33H40N2O2. The largest absolute Gasteiger partial charge is 0.508 e. The maximum atomic E-state index is 13.9. The Hall–Kier alpha value is -3.11. The molecule has 37 heavy (non-hydrogen) atoms. The van der Waals surface area contributed by atoms with Crippen molar-refractivity contribution in [2.24, 2.45) is 5.92 Å². The minimum absolute atomic E-state index is 0.0635. The van der Waals surface area contributed by atoms with Gasteiger partial charge in [0.2, 0.25) is 5.91 Å². The molecule has 4 heteroatoms. The van der Waals surface area contributed by atoms with Crippen molar-refractivity contribution in [2.45, 2.75) is 71.4 Å². The molecule has 3 aromatic carbocycles. The molecule has 0 radical (unpaired) electrons. The number of benzene rings is 3. The number of amides is 1. The number of aromatic hydroxyl groups is 1. The maximum absolute atomic E-state index is 13.9. The molecule has 0 aromatic heterocycles. The van der Waals surface area contributed by atoms with Crippen molar-refractivity contribution in [3.8, 4) is 5.75 Å². The zero-order valence-electron chi connectivity index (χ0n) is 22.7. The third-order valence-electron chi connectivity index (χ3n) is 9.18. The van der Waals surface area contributed by atoms with Gasteiger partial charge < -0.3 is 10.0 Å². The second-order valence-corrected chi connectivity index (χ2v) is 11.3. The highest BCUT2D eigenvalue weighted by molar-refractivity contribution is 5.95. The van der Waals surface area contributed by atoms with Gasteiger partial charge in [-0.1, -0.05) is 75.4 Å². The number of phenols is 1. The lowest BCUT2D eigenvalue weighted by molar-refractivity contribution is -0.119. The summed E-state index contributed by atoms with van der Waals surface area (Å²) in [5.74, 6) is 1.02. The van der Waals surface area contributed by atoms with E-state index in [0.717, 1.165) is 49.2 Å². The Labute approximate surface area is 221 Å². The number of aryl methyl sites for hydroxylation is 2. The molecule has 2 aliphatic rings. The van der Waals surface area contributed by atoms with Crippen LogP contribution in [0.3, 0.4) is 0 Å². The van der Waals surface area contributed by atoms with Crippen LogP contribution in [0, 0.1) is 12.8 Å².